The zero-order valence-electron chi connectivity index (χ0n) is 14.7. The van der Waals surface area contributed by atoms with Crippen LogP contribution in [0.3, 0.4) is 0 Å². The van der Waals surface area contributed by atoms with E-state index in [9.17, 15) is 14.9 Å². The second-order valence-corrected chi connectivity index (χ2v) is 5.80. The van der Waals surface area contributed by atoms with Crippen molar-refractivity contribution in [3.63, 3.8) is 0 Å². The number of carbonyl (C=O) groups is 1. The maximum atomic E-state index is 11.9. The van der Waals surface area contributed by atoms with Crippen LogP contribution in [-0.2, 0) is 4.79 Å². The van der Waals surface area contributed by atoms with Crippen molar-refractivity contribution in [3.05, 3.63) is 57.1 Å². The summed E-state index contributed by atoms with van der Waals surface area (Å²) in [6.45, 7) is 3.62. The minimum atomic E-state index is -0.561. The van der Waals surface area contributed by atoms with Gasteiger partial charge in [-0.25, -0.2) is 5.43 Å². The minimum absolute atomic E-state index is 0.000461. The van der Waals surface area contributed by atoms with Crippen molar-refractivity contribution >= 4 is 17.8 Å². The molecule has 0 radical (unpaired) electrons. The number of ether oxygens (including phenoxy) is 3. The van der Waals surface area contributed by atoms with E-state index in [0.717, 1.165) is 11.1 Å². The fourth-order valence-electron chi connectivity index (χ4n) is 2.44. The summed E-state index contributed by atoms with van der Waals surface area (Å²) in [4.78, 5) is 22.5. The van der Waals surface area contributed by atoms with Gasteiger partial charge in [0.2, 0.25) is 6.79 Å². The van der Waals surface area contributed by atoms with E-state index in [2.05, 4.69) is 10.5 Å². The smallest absolute Gasteiger partial charge is 0.282 e. The molecule has 0 aromatic heterocycles. The van der Waals surface area contributed by atoms with Gasteiger partial charge in [0.05, 0.1) is 22.8 Å². The van der Waals surface area contributed by atoms with Gasteiger partial charge in [0.25, 0.3) is 11.6 Å². The quantitative estimate of drug-likeness (QED) is 0.474. The number of amides is 1. The number of carbonyl (C=O) groups excluding carboxylic acids is 1. The highest BCUT2D eigenvalue weighted by Crippen LogP contribution is 2.37. The number of benzene rings is 2. The molecule has 0 aliphatic carbocycles. The van der Waals surface area contributed by atoms with Gasteiger partial charge >= 0.3 is 0 Å². The second kappa shape index (κ2) is 7.73. The Morgan fingerprint density at radius 1 is 1.33 bits per heavy atom. The predicted molar refractivity (Wildman–Crippen MR) is 96.4 cm³/mol. The molecule has 3 rings (SSSR count). The van der Waals surface area contributed by atoms with Crippen LogP contribution in [0, 0.1) is 24.0 Å². The van der Waals surface area contributed by atoms with Crippen molar-refractivity contribution < 1.29 is 23.9 Å². The molecule has 1 amide bonds. The molecular formula is C18H17N3O6. The van der Waals surface area contributed by atoms with Crippen molar-refractivity contribution in [1.29, 1.82) is 0 Å². The number of hydrogen-bond acceptors (Lipinski definition) is 7. The van der Waals surface area contributed by atoms with Gasteiger partial charge < -0.3 is 14.2 Å². The third-order valence-corrected chi connectivity index (χ3v) is 4.03. The maximum Gasteiger partial charge on any atom is 0.282 e. The van der Waals surface area contributed by atoms with Gasteiger partial charge in [-0.2, -0.15) is 5.10 Å². The number of nitrogens with one attached hydrogen (secondary N) is 1. The molecule has 0 saturated heterocycles. The lowest BCUT2D eigenvalue weighted by molar-refractivity contribution is -0.385. The summed E-state index contributed by atoms with van der Waals surface area (Å²) < 4.78 is 15.8. The summed E-state index contributed by atoms with van der Waals surface area (Å²) in [5, 5.41) is 14.9. The highest BCUT2D eigenvalue weighted by atomic mass is 16.7. The number of nitro groups is 1. The van der Waals surface area contributed by atoms with Gasteiger partial charge in [0, 0.05) is 0 Å². The Hall–Kier alpha value is -3.62. The molecule has 0 fully saturated rings. The minimum Gasteiger partial charge on any atom is -0.483 e. The molecule has 9 nitrogen and oxygen atoms in total. The van der Waals surface area contributed by atoms with Gasteiger partial charge in [-0.15, -0.1) is 0 Å². The molecule has 1 heterocycles. The Bertz CT molecular complexity index is 926. The summed E-state index contributed by atoms with van der Waals surface area (Å²) in [5.74, 6) is 0.799. The highest BCUT2D eigenvalue weighted by Gasteiger charge is 2.22. The molecule has 0 unspecified atom stereocenters. The van der Waals surface area contributed by atoms with Crippen LogP contribution in [0.15, 0.2) is 35.4 Å². The molecule has 27 heavy (non-hydrogen) atoms. The van der Waals surface area contributed by atoms with Gasteiger partial charge in [-0.05, 0) is 37.1 Å². The van der Waals surface area contributed by atoms with Crippen LogP contribution >= 0.6 is 0 Å². The Morgan fingerprint density at radius 2 is 2.07 bits per heavy atom. The summed E-state index contributed by atoms with van der Waals surface area (Å²) in [5.41, 5.74) is 4.26. The zero-order valence-corrected chi connectivity index (χ0v) is 14.7. The monoisotopic (exact) mass is 371 g/mol. The summed E-state index contributed by atoms with van der Waals surface area (Å²) in [6.07, 6.45) is 1.18. The fraction of sp³-hybridized carbons (Fsp3) is 0.222. The molecule has 1 aliphatic rings. The van der Waals surface area contributed by atoms with Crippen molar-refractivity contribution in [2.75, 3.05) is 13.4 Å². The first-order chi connectivity index (χ1) is 13.0. The number of hydrogen-bond donors (Lipinski definition) is 1. The Morgan fingerprint density at radius 3 is 2.81 bits per heavy atom. The lowest BCUT2D eigenvalue weighted by atomic mass is 10.1. The van der Waals surface area contributed by atoms with Gasteiger partial charge in [0.15, 0.2) is 18.1 Å². The molecule has 140 valence electrons. The molecule has 1 aliphatic heterocycles. The molecule has 0 saturated carbocycles. The Kier molecular flexibility index (Phi) is 5.20. The molecular weight excluding hydrogens is 354 g/mol. The van der Waals surface area contributed by atoms with Crippen molar-refractivity contribution in [3.8, 4) is 17.2 Å². The van der Waals surface area contributed by atoms with E-state index in [4.69, 9.17) is 14.2 Å². The van der Waals surface area contributed by atoms with Crippen LogP contribution in [0.25, 0.3) is 0 Å². The van der Waals surface area contributed by atoms with Crippen molar-refractivity contribution in [1.82, 2.24) is 5.43 Å². The van der Waals surface area contributed by atoms with Gasteiger partial charge in [0.1, 0.15) is 5.75 Å². The van der Waals surface area contributed by atoms with Crippen LogP contribution in [0.4, 0.5) is 5.69 Å². The first kappa shape index (κ1) is 18.2. The zero-order chi connectivity index (χ0) is 19.4. The van der Waals surface area contributed by atoms with E-state index in [1.807, 2.05) is 26.0 Å². The SMILES string of the molecule is Cc1cccc(OCC(=O)N/N=C/c2cc3c(cc2[N+](=O)[O-])OCO3)c1C. The van der Waals surface area contributed by atoms with Crippen LogP contribution in [-0.4, -0.2) is 30.4 Å². The Labute approximate surface area is 154 Å². The standard InChI is InChI=1S/C18H17N3O6/c1-11-4-3-5-15(12(11)2)25-9-18(22)20-19-8-13-6-16-17(27-10-26-16)7-14(13)21(23)24/h3-8H,9-10H2,1-2H3,(H,20,22)/b19-8+. The molecule has 0 atom stereocenters. The lowest BCUT2D eigenvalue weighted by Crippen LogP contribution is -2.24. The van der Waals surface area contributed by atoms with Crippen LogP contribution in [0.5, 0.6) is 17.2 Å². The molecule has 2 aromatic carbocycles. The topological polar surface area (TPSA) is 112 Å². The maximum absolute atomic E-state index is 11.9. The van der Waals surface area contributed by atoms with E-state index in [1.165, 1.54) is 18.3 Å². The first-order valence-electron chi connectivity index (χ1n) is 8.04. The average molecular weight is 371 g/mol. The first-order valence-corrected chi connectivity index (χ1v) is 8.04. The number of rotatable bonds is 6. The van der Waals surface area contributed by atoms with Crippen molar-refractivity contribution in [2.24, 2.45) is 5.10 Å². The van der Waals surface area contributed by atoms with Crippen molar-refractivity contribution in [2.45, 2.75) is 13.8 Å². The lowest BCUT2D eigenvalue weighted by Gasteiger charge is -2.09. The molecule has 1 N–H and O–H groups in total. The third kappa shape index (κ3) is 4.14. The van der Waals surface area contributed by atoms with E-state index in [-0.39, 0.29) is 24.7 Å². The molecule has 2 aromatic rings. The number of nitrogens with zero attached hydrogens (tertiary/aromatic N) is 2. The normalized spacial score (nSPS) is 12.2. The van der Waals surface area contributed by atoms with Gasteiger partial charge in [-0.3, -0.25) is 14.9 Å². The van der Waals surface area contributed by atoms with E-state index < -0.39 is 10.8 Å². The number of nitro benzene ring substituents is 1. The van der Waals surface area contributed by atoms with E-state index in [0.29, 0.717) is 17.2 Å². The van der Waals surface area contributed by atoms with Crippen LogP contribution < -0.4 is 19.6 Å². The van der Waals surface area contributed by atoms with Crippen LogP contribution in [0.2, 0.25) is 0 Å². The second-order valence-electron chi connectivity index (χ2n) is 5.80. The molecule has 9 heteroatoms. The number of hydrazone groups is 1. The summed E-state index contributed by atoms with van der Waals surface area (Å²) >= 11 is 0. The molecule has 0 spiro atoms. The van der Waals surface area contributed by atoms with E-state index >= 15 is 0 Å². The largest absolute Gasteiger partial charge is 0.483 e. The van der Waals surface area contributed by atoms with Gasteiger partial charge in [-0.1, -0.05) is 12.1 Å². The highest BCUT2D eigenvalue weighted by molar-refractivity contribution is 5.88. The number of aryl methyl sites for hydroxylation is 1. The van der Waals surface area contributed by atoms with Crippen LogP contribution in [0.1, 0.15) is 16.7 Å². The molecule has 0 bridgehead atoms. The fourth-order valence-corrected chi connectivity index (χ4v) is 2.44. The summed E-state index contributed by atoms with van der Waals surface area (Å²) in [7, 11) is 0. The predicted octanol–water partition coefficient (Wildman–Crippen LogP) is 2.47. The Balaban J connectivity index is 1.63. The summed E-state index contributed by atoms with van der Waals surface area (Å²) in [6, 6.07) is 8.25. The number of fused-ring (bicyclic) bond motifs is 1. The van der Waals surface area contributed by atoms with E-state index in [1.54, 1.807) is 6.07 Å². The third-order valence-electron chi connectivity index (χ3n) is 4.03. The average Bonchev–Trinajstić information content (AvgIpc) is 3.09.